The summed E-state index contributed by atoms with van der Waals surface area (Å²) in [5.41, 5.74) is 1.57. The van der Waals surface area contributed by atoms with E-state index in [9.17, 15) is 14.4 Å². The predicted octanol–water partition coefficient (Wildman–Crippen LogP) is 3.79. The van der Waals surface area contributed by atoms with Gasteiger partial charge in [0.15, 0.2) is 0 Å². The van der Waals surface area contributed by atoms with E-state index in [1.807, 2.05) is 44.2 Å². The molecular weight excluding hydrogens is 434 g/mol. The van der Waals surface area contributed by atoms with Crippen LogP contribution in [0.1, 0.15) is 43.0 Å². The van der Waals surface area contributed by atoms with Crippen LogP contribution in [0.3, 0.4) is 0 Å². The maximum atomic E-state index is 13.0. The Kier molecular flexibility index (Phi) is 6.07. The lowest BCUT2D eigenvalue weighted by Crippen LogP contribution is -2.43. The van der Waals surface area contributed by atoms with Crippen molar-refractivity contribution in [2.45, 2.75) is 38.8 Å². The molecule has 4 amide bonds. The van der Waals surface area contributed by atoms with Crippen molar-refractivity contribution < 1.29 is 14.4 Å². The minimum atomic E-state index is -1.21. The Hall–Kier alpha value is -2.67. The molecule has 1 saturated heterocycles. The van der Waals surface area contributed by atoms with Gasteiger partial charge in [-0.3, -0.25) is 14.5 Å². The number of hydrogen-bond acceptors (Lipinski definition) is 3. The maximum Gasteiger partial charge on any atom is 0.325 e. The van der Waals surface area contributed by atoms with Gasteiger partial charge in [-0.05, 0) is 43.5 Å². The number of amides is 4. The van der Waals surface area contributed by atoms with E-state index < -0.39 is 17.5 Å². The Morgan fingerprint density at radius 2 is 1.90 bits per heavy atom. The molecule has 152 valence electrons. The van der Waals surface area contributed by atoms with Crippen LogP contribution in [0.2, 0.25) is 0 Å². The molecule has 7 heteroatoms. The first-order valence-electron chi connectivity index (χ1n) is 9.50. The number of benzene rings is 2. The number of hydrogen-bond donors (Lipinski definition) is 2. The quantitative estimate of drug-likeness (QED) is 0.647. The van der Waals surface area contributed by atoms with Crippen molar-refractivity contribution in [2.24, 2.45) is 0 Å². The lowest BCUT2D eigenvalue weighted by molar-refractivity contribution is -0.135. The molecule has 0 saturated carbocycles. The third kappa shape index (κ3) is 4.34. The zero-order valence-electron chi connectivity index (χ0n) is 16.7. The Labute approximate surface area is 178 Å². The molecule has 3 rings (SSSR count). The molecule has 0 bridgehead atoms. The van der Waals surface area contributed by atoms with Crippen LogP contribution in [0.15, 0.2) is 53.0 Å². The summed E-state index contributed by atoms with van der Waals surface area (Å²) in [6, 6.07) is 14.4. The van der Waals surface area contributed by atoms with Gasteiger partial charge in [-0.2, -0.15) is 0 Å². The van der Waals surface area contributed by atoms with Gasteiger partial charge in [0.2, 0.25) is 5.91 Å². The highest BCUT2D eigenvalue weighted by Gasteiger charge is 2.49. The van der Waals surface area contributed by atoms with E-state index >= 15 is 0 Å². The molecule has 0 aliphatic carbocycles. The van der Waals surface area contributed by atoms with E-state index in [2.05, 4.69) is 26.6 Å². The maximum absolute atomic E-state index is 13.0. The van der Waals surface area contributed by atoms with E-state index in [0.29, 0.717) is 12.0 Å². The number of carbonyl (C=O) groups is 3. The molecule has 2 N–H and O–H groups in total. The highest BCUT2D eigenvalue weighted by atomic mass is 79.9. The van der Waals surface area contributed by atoms with Crippen molar-refractivity contribution >= 4 is 33.8 Å². The molecule has 0 radical (unpaired) electrons. The van der Waals surface area contributed by atoms with Crippen molar-refractivity contribution in [1.82, 2.24) is 15.5 Å². The zero-order valence-corrected chi connectivity index (χ0v) is 18.2. The van der Waals surface area contributed by atoms with Crippen LogP contribution in [-0.4, -0.2) is 29.3 Å². The van der Waals surface area contributed by atoms with Crippen molar-refractivity contribution in [3.8, 4) is 0 Å². The largest absolute Gasteiger partial charge is 0.348 e. The third-order valence-corrected chi connectivity index (χ3v) is 5.70. The van der Waals surface area contributed by atoms with Gasteiger partial charge in [-0.1, -0.05) is 64.8 Å². The molecule has 0 aromatic heterocycles. The van der Waals surface area contributed by atoms with Crippen molar-refractivity contribution in [1.29, 1.82) is 0 Å². The summed E-state index contributed by atoms with van der Waals surface area (Å²) in [5, 5.41) is 5.65. The van der Waals surface area contributed by atoms with Crippen molar-refractivity contribution in [3.63, 3.8) is 0 Å². The van der Waals surface area contributed by atoms with Gasteiger partial charge in [-0.25, -0.2) is 4.79 Å². The second-order valence-corrected chi connectivity index (χ2v) is 8.31. The third-order valence-electron chi connectivity index (χ3n) is 5.20. The minimum absolute atomic E-state index is 0.180. The molecular formula is C22H24BrN3O3. The summed E-state index contributed by atoms with van der Waals surface area (Å²) in [6.07, 6.45) is 0.699. The summed E-state index contributed by atoms with van der Waals surface area (Å²) in [6.45, 7) is 5.30. The number of rotatable bonds is 6. The number of aryl methyl sites for hydroxylation is 1. The number of urea groups is 1. The van der Waals surface area contributed by atoms with Crippen LogP contribution in [-0.2, 0) is 15.1 Å². The Balaban J connectivity index is 1.72. The van der Waals surface area contributed by atoms with E-state index in [4.69, 9.17) is 0 Å². The van der Waals surface area contributed by atoms with Crippen LogP contribution in [0.4, 0.5) is 4.79 Å². The normalized spacial score (nSPS) is 19.8. The monoisotopic (exact) mass is 457 g/mol. The molecule has 0 spiro atoms. The number of imide groups is 1. The molecule has 2 aromatic carbocycles. The standard InChI is InChI=1S/C22H24BrN3O3/c1-4-18(15-10-8-14(2)9-11-15)24-19(27)13-26-20(28)22(3,25-21(26)29)16-6-5-7-17(23)12-16/h5-12,18H,4,13H2,1-3H3,(H,24,27)(H,25,29)/t18-,22+/m0/s1. The molecule has 0 unspecified atom stereocenters. The van der Waals surface area contributed by atoms with Crippen molar-refractivity contribution in [3.05, 3.63) is 69.7 Å². The average molecular weight is 458 g/mol. The first-order valence-corrected chi connectivity index (χ1v) is 10.3. The zero-order chi connectivity index (χ0) is 21.2. The predicted molar refractivity (Wildman–Crippen MR) is 114 cm³/mol. The van der Waals surface area contributed by atoms with Crippen LogP contribution >= 0.6 is 15.9 Å². The molecule has 2 aromatic rings. The molecule has 1 fully saturated rings. The van der Waals surface area contributed by atoms with Crippen molar-refractivity contribution in [2.75, 3.05) is 6.54 Å². The molecule has 1 heterocycles. The number of nitrogens with zero attached hydrogens (tertiary/aromatic N) is 1. The summed E-state index contributed by atoms with van der Waals surface area (Å²) in [4.78, 5) is 39.0. The Morgan fingerprint density at radius 3 is 2.52 bits per heavy atom. The van der Waals surface area contributed by atoms with Crippen LogP contribution in [0.25, 0.3) is 0 Å². The average Bonchev–Trinajstić information content (AvgIpc) is 2.91. The first-order chi connectivity index (χ1) is 13.7. The van der Waals surface area contributed by atoms with Gasteiger partial charge in [0.1, 0.15) is 12.1 Å². The summed E-state index contributed by atoms with van der Waals surface area (Å²) >= 11 is 3.38. The van der Waals surface area contributed by atoms with Gasteiger partial charge < -0.3 is 10.6 Å². The topological polar surface area (TPSA) is 78.5 Å². The minimum Gasteiger partial charge on any atom is -0.348 e. The van der Waals surface area contributed by atoms with Gasteiger partial charge in [0.25, 0.3) is 5.91 Å². The second kappa shape index (κ2) is 8.37. The molecule has 1 aliphatic heterocycles. The van der Waals surface area contributed by atoms with Gasteiger partial charge in [0, 0.05) is 4.47 Å². The van der Waals surface area contributed by atoms with Gasteiger partial charge >= 0.3 is 6.03 Å². The first kappa shape index (κ1) is 21.0. The van der Waals surface area contributed by atoms with Gasteiger partial charge in [0.05, 0.1) is 6.04 Å². The number of halogens is 1. The van der Waals surface area contributed by atoms with Crippen LogP contribution in [0.5, 0.6) is 0 Å². The summed E-state index contributed by atoms with van der Waals surface area (Å²) in [5.74, 6) is -0.821. The lowest BCUT2D eigenvalue weighted by Gasteiger charge is -2.23. The molecule has 6 nitrogen and oxygen atoms in total. The number of nitrogens with one attached hydrogen (secondary N) is 2. The fourth-order valence-electron chi connectivity index (χ4n) is 3.44. The van der Waals surface area contributed by atoms with E-state index in [-0.39, 0.29) is 18.5 Å². The van der Waals surface area contributed by atoms with Crippen LogP contribution in [0, 0.1) is 6.92 Å². The summed E-state index contributed by atoms with van der Waals surface area (Å²) in [7, 11) is 0. The SMILES string of the molecule is CC[C@H](NC(=O)CN1C(=O)N[C@](C)(c2cccc(Br)c2)C1=O)c1ccc(C)cc1. The highest BCUT2D eigenvalue weighted by molar-refractivity contribution is 9.10. The van der Waals surface area contributed by atoms with E-state index in [1.54, 1.807) is 25.1 Å². The lowest BCUT2D eigenvalue weighted by atomic mass is 9.92. The molecule has 1 aliphatic rings. The highest BCUT2D eigenvalue weighted by Crippen LogP contribution is 2.30. The smallest absolute Gasteiger partial charge is 0.325 e. The Bertz CT molecular complexity index is 945. The molecule has 2 atom stereocenters. The fraction of sp³-hybridized carbons (Fsp3) is 0.318. The van der Waals surface area contributed by atoms with E-state index in [0.717, 1.165) is 20.5 Å². The number of carbonyl (C=O) groups excluding carboxylic acids is 3. The van der Waals surface area contributed by atoms with Gasteiger partial charge in [-0.15, -0.1) is 0 Å². The fourth-order valence-corrected chi connectivity index (χ4v) is 3.84. The summed E-state index contributed by atoms with van der Waals surface area (Å²) < 4.78 is 0.804. The Morgan fingerprint density at radius 1 is 1.21 bits per heavy atom. The van der Waals surface area contributed by atoms with E-state index in [1.165, 1.54) is 0 Å². The molecule has 29 heavy (non-hydrogen) atoms. The van der Waals surface area contributed by atoms with Crippen LogP contribution < -0.4 is 10.6 Å². The second-order valence-electron chi connectivity index (χ2n) is 7.40.